The lowest BCUT2D eigenvalue weighted by molar-refractivity contribution is -0.139. The van der Waals surface area contributed by atoms with Gasteiger partial charge in [0.15, 0.2) is 0 Å². The molecule has 0 unspecified atom stereocenters. The van der Waals surface area contributed by atoms with Gasteiger partial charge in [0.05, 0.1) is 18.6 Å². The average Bonchev–Trinajstić information content (AvgIpc) is 3.06. The minimum Gasteiger partial charge on any atom is -0.493 e. The van der Waals surface area contributed by atoms with Crippen molar-refractivity contribution in [2.24, 2.45) is 0 Å². The maximum atomic E-state index is 12.8. The van der Waals surface area contributed by atoms with E-state index in [0.29, 0.717) is 30.8 Å². The van der Waals surface area contributed by atoms with E-state index in [-0.39, 0.29) is 0 Å². The molecule has 0 fully saturated rings. The first-order valence-electron chi connectivity index (χ1n) is 9.28. The van der Waals surface area contributed by atoms with Crippen LogP contribution in [-0.2, 0) is 19.1 Å². The van der Waals surface area contributed by atoms with Gasteiger partial charge in [0.1, 0.15) is 5.75 Å². The van der Waals surface area contributed by atoms with Crippen molar-refractivity contribution in [1.29, 1.82) is 0 Å². The molecule has 3 aromatic rings. The van der Waals surface area contributed by atoms with E-state index in [1.54, 1.807) is 24.4 Å². The number of fused-ring (bicyclic) bond motifs is 1. The summed E-state index contributed by atoms with van der Waals surface area (Å²) in [5.74, 6) is 0.371. The van der Waals surface area contributed by atoms with E-state index < -0.39 is 30.9 Å². The number of H-pyrrole nitrogens is 1. The summed E-state index contributed by atoms with van der Waals surface area (Å²) in [4.78, 5) is 2.87. The number of halogens is 6. The van der Waals surface area contributed by atoms with Crippen LogP contribution in [0.3, 0.4) is 0 Å². The van der Waals surface area contributed by atoms with E-state index in [0.717, 1.165) is 28.6 Å². The fourth-order valence-electron chi connectivity index (χ4n) is 3.06. The highest BCUT2D eigenvalue weighted by Crippen LogP contribution is 2.32. The van der Waals surface area contributed by atoms with Crippen LogP contribution in [0.5, 0.6) is 5.75 Å². The van der Waals surface area contributed by atoms with Crippen LogP contribution in [0, 0.1) is 0 Å². The molecule has 0 aliphatic heterocycles. The van der Waals surface area contributed by atoms with Gasteiger partial charge in [-0.3, -0.25) is 0 Å². The van der Waals surface area contributed by atoms with Crippen molar-refractivity contribution in [3.63, 3.8) is 0 Å². The zero-order valence-corrected chi connectivity index (χ0v) is 15.8. The largest absolute Gasteiger partial charge is 0.493 e. The smallest absolute Gasteiger partial charge is 0.416 e. The molecule has 0 bridgehead atoms. The molecule has 0 saturated heterocycles. The molecular weight excluding hydrogens is 410 g/mol. The Bertz CT molecular complexity index is 978. The molecule has 30 heavy (non-hydrogen) atoms. The predicted octanol–water partition coefficient (Wildman–Crippen LogP) is 5.85. The SMILES string of the molecule is FC(F)(F)CCOc1cccc(CNCCc2c[nH]c3cc(C(F)(F)F)ccc23)c1. The van der Waals surface area contributed by atoms with Crippen LogP contribution < -0.4 is 10.1 Å². The zero-order valence-electron chi connectivity index (χ0n) is 15.8. The molecule has 0 saturated carbocycles. The molecule has 2 aromatic carbocycles. The minimum atomic E-state index is -4.38. The summed E-state index contributed by atoms with van der Waals surface area (Å²) >= 11 is 0. The number of hydrogen-bond donors (Lipinski definition) is 2. The zero-order chi connectivity index (χ0) is 21.8. The summed E-state index contributed by atoms with van der Waals surface area (Å²) in [6.45, 7) is 0.626. The van der Waals surface area contributed by atoms with E-state index in [1.165, 1.54) is 6.07 Å². The third kappa shape index (κ3) is 6.16. The van der Waals surface area contributed by atoms with Gasteiger partial charge in [-0.25, -0.2) is 0 Å². The van der Waals surface area contributed by atoms with Gasteiger partial charge in [0, 0.05) is 23.6 Å². The number of nitrogens with one attached hydrogen (secondary N) is 2. The van der Waals surface area contributed by atoms with Crippen molar-refractivity contribution in [3.8, 4) is 5.75 Å². The second-order valence-electron chi connectivity index (χ2n) is 6.86. The standard InChI is InChI=1S/C21H20F6N2O/c22-20(23,24)7-9-30-17-3-1-2-14(10-17)12-28-8-6-15-13-29-19-11-16(21(25,26)27)4-5-18(15)19/h1-5,10-11,13,28-29H,6-9,12H2. The normalized spacial score (nSPS) is 12.5. The monoisotopic (exact) mass is 430 g/mol. The van der Waals surface area contributed by atoms with E-state index in [1.807, 2.05) is 6.07 Å². The van der Waals surface area contributed by atoms with Gasteiger partial charge in [-0.15, -0.1) is 0 Å². The maximum absolute atomic E-state index is 12.8. The highest BCUT2D eigenvalue weighted by atomic mass is 19.4. The van der Waals surface area contributed by atoms with Crippen molar-refractivity contribution in [1.82, 2.24) is 10.3 Å². The Morgan fingerprint density at radius 2 is 1.77 bits per heavy atom. The van der Waals surface area contributed by atoms with Crippen molar-refractivity contribution >= 4 is 10.9 Å². The number of hydrogen-bond acceptors (Lipinski definition) is 2. The highest BCUT2D eigenvalue weighted by Gasteiger charge is 2.30. The lowest BCUT2D eigenvalue weighted by atomic mass is 10.1. The predicted molar refractivity (Wildman–Crippen MR) is 101 cm³/mol. The molecular formula is C21H20F6N2O. The molecule has 1 heterocycles. The van der Waals surface area contributed by atoms with Crippen LogP contribution in [0.15, 0.2) is 48.7 Å². The molecule has 0 atom stereocenters. The number of alkyl halides is 6. The van der Waals surface area contributed by atoms with Gasteiger partial charge < -0.3 is 15.0 Å². The van der Waals surface area contributed by atoms with Gasteiger partial charge in [-0.1, -0.05) is 18.2 Å². The minimum absolute atomic E-state index is 0.371. The lowest BCUT2D eigenvalue weighted by Gasteiger charge is -2.10. The van der Waals surface area contributed by atoms with Crippen molar-refractivity contribution in [2.75, 3.05) is 13.2 Å². The van der Waals surface area contributed by atoms with Gasteiger partial charge in [-0.2, -0.15) is 26.3 Å². The number of aromatic amines is 1. The van der Waals surface area contributed by atoms with Crippen molar-refractivity contribution in [2.45, 2.75) is 31.7 Å². The fraction of sp³-hybridized carbons (Fsp3) is 0.333. The maximum Gasteiger partial charge on any atom is 0.416 e. The quantitative estimate of drug-likeness (QED) is 0.348. The number of benzene rings is 2. The molecule has 0 spiro atoms. The molecule has 3 rings (SSSR count). The van der Waals surface area contributed by atoms with Crippen LogP contribution >= 0.6 is 0 Å². The van der Waals surface area contributed by atoms with Crippen LogP contribution in [0.1, 0.15) is 23.1 Å². The first-order valence-corrected chi connectivity index (χ1v) is 9.28. The molecule has 0 radical (unpaired) electrons. The molecule has 2 N–H and O–H groups in total. The topological polar surface area (TPSA) is 37.0 Å². The molecule has 1 aromatic heterocycles. The molecule has 0 aliphatic rings. The van der Waals surface area contributed by atoms with Crippen molar-refractivity contribution < 1.29 is 31.1 Å². The third-order valence-corrected chi connectivity index (χ3v) is 4.55. The first-order chi connectivity index (χ1) is 14.1. The number of rotatable bonds is 8. The Labute approximate surface area is 169 Å². The summed E-state index contributed by atoms with van der Waals surface area (Å²) in [5.41, 5.74) is 1.49. The third-order valence-electron chi connectivity index (χ3n) is 4.55. The Balaban J connectivity index is 1.50. The van der Waals surface area contributed by atoms with Gasteiger partial charge in [0.25, 0.3) is 0 Å². The van der Waals surface area contributed by atoms with E-state index in [4.69, 9.17) is 4.74 Å². The molecule has 0 aliphatic carbocycles. The van der Waals surface area contributed by atoms with E-state index >= 15 is 0 Å². The van der Waals surface area contributed by atoms with Gasteiger partial charge in [-0.05, 0) is 48.4 Å². The Kier molecular flexibility index (Phi) is 6.60. The van der Waals surface area contributed by atoms with Gasteiger partial charge >= 0.3 is 12.4 Å². The van der Waals surface area contributed by atoms with Crippen molar-refractivity contribution in [3.05, 3.63) is 65.4 Å². The first kappa shape index (κ1) is 22.0. The van der Waals surface area contributed by atoms with Crippen LogP contribution in [0.4, 0.5) is 26.3 Å². The van der Waals surface area contributed by atoms with Crippen LogP contribution in [0.2, 0.25) is 0 Å². The molecule has 162 valence electrons. The summed E-state index contributed by atoms with van der Waals surface area (Å²) in [6.07, 6.45) is -7.35. The second kappa shape index (κ2) is 8.99. The number of aromatic nitrogens is 1. The Hall–Kier alpha value is -2.68. The van der Waals surface area contributed by atoms with Gasteiger partial charge in [0.2, 0.25) is 0 Å². The molecule has 0 amide bonds. The Morgan fingerprint density at radius 3 is 2.50 bits per heavy atom. The highest BCUT2D eigenvalue weighted by molar-refractivity contribution is 5.84. The molecule has 3 nitrogen and oxygen atoms in total. The Morgan fingerprint density at radius 1 is 0.967 bits per heavy atom. The second-order valence-corrected chi connectivity index (χ2v) is 6.86. The van der Waals surface area contributed by atoms with E-state index in [9.17, 15) is 26.3 Å². The summed E-state index contributed by atoms with van der Waals surface area (Å²) in [7, 11) is 0. The number of ether oxygens (including phenoxy) is 1. The summed E-state index contributed by atoms with van der Waals surface area (Å²) < 4.78 is 80.1. The summed E-state index contributed by atoms with van der Waals surface area (Å²) in [6, 6.07) is 10.4. The summed E-state index contributed by atoms with van der Waals surface area (Å²) in [5, 5.41) is 3.96. The van der Waals surface area contributed by atoms with E-state index in [2.05, 4.69) is 10.3 Å². The van der Waals surface area contributed by atoms with Crippen LogP contribution in [0.25, 0.3) is 10.9 Å². The lowest BCUT2D eigenvalue weighted by Crippen LogP contribution is -2.16. The fourth-order valence-corrected chi connectivity index (χ4v) is 3.06. The molecule has 9 heteroatoms. The average molecular weight is 430 g/mol. The van der Waals surface area contributed by atoms with Crippen LogP contribution in [-0.4, -0.2) is 24.3 Å².